The van der Waals surface area contributed by atoms with Gasteiger partial charge in [0.2, 0.25) is 0 Å². The van der Waals surface area contributed by atoms with Crippen LogP contribution in [0, 0.1) is 0 Å². The van der Waals surface area contributed by atoms with Gasteiger partial charge < -0.3 is 18.3 Å². The number of fused-ring (bicyclic) bond motifs is 12. The highest BCUT2D eigenvalue weighted by Crippen LogP contribution is 2.40. The Hall–Kier alpha value is -7.30. The Balaban J connectivity index is 0.983. The first-order chi connectivity index (χ1) is 26.8. The van der Waals surface area contributed by atoms with Crippen LogP contribution in [-0.4, -0.2) is 18.3 Å². The molecule has 4 aromatic heterocycles. The molecule has 54 heavy (non-hydrogen) atoms. The van der Waals surface area contributed by atoms with Gasteiger partial charge in [-0.05, 0) is 84.9 Å². The van der Waals surface area contributed by atoms with Crippen LogP contribution in [0.3, 0.4) is 0 Å². The Morgan fingerprint density at radius 1 is 0.222 bits per heavy atom. The molecule has 4 heterocycles. The van der Waals surface area contributed by atoms with Gasteiger partial charge in [-0.1, -0.05) is 97.1 Å². The monoisotopic (exact) mass is 688 g/mol. The Bertz CT molecular complexity index is 3090. The molecule has 0 aliphatic heterocycles. The van der Waals surface area contributed by atoms with Gasteiger partial charge in [-0.15, -0.1) is 0 Å². The minimum absolute atomic E-state index is 1.14. The lowest BCUT2D eigenvalue weighted by molar-refractivity contribution is 1.11. The fraction of sp³-hybridized carbons (Fsp3) is 0. The van der Waals surface area contributed by atoms with E-state index in [0.29, 0.717) is 0 Å². The second kappa shape index (κ2) is 11.1. The highest BCUT2D eigenvalue weighted by atomic mass is 15.0. The highest BCUT2D eigenvalue weighted by Gasteiger charge is 2.18. The predicted molar refractivity (Wildman–Crippen MR) is 226 cm³/mol. The summed E-state index contributed by atoms with van der Waals surface area (Å²) in [4.78, 5) is 0. The van der Waals surface area contributed by atoms with Gasteiger partial charge in [-0.3, -0.25) is 0 Å². The molecule has 0 fully saturated rings. The molecule has 0 saturated heterocycles. The lowest BCUT2D eigenvalue weighted by Gasteiger charge is -2.14. The van der Waals surface area contributed by atoms with Crippen LogP contribution in [0.2, 0.25) is 0 Å². The van der Waals surface area contributed by atoms with Gasteiger partial charge >= 0.3 is 0 Å². The van der Waals surface area contributed by atoms with E-state index in [4.69, 9.17) is 0 Å². The molecule has 0 spiro atoms. The number of rotatable bonds is 4. The van der Waals surface area contributed by atoms with Crippen LogP contribution in [0.5, 0.6) is 0 Å². The van der Waals surface area contributed by atoms with E-state index in [1.54, 1.807) is 0 Å². The van der Waals surface area contributed by atoms with Gasteiger partial charge in [0.25, 0.3) is 0 Å². The minimum Gasteiger partial charge on any atom is -0.316 e. The molecule has 0 atom stereocenters. The maximum absolute atomic E-state index is 2.37. The zero-order valence-corrected chi connectivity index (χ0v) is 29.3. The lowest BCUT2D eigenvalue weighted by atomic mass is 10.0. The first-order valence-corrected chi connectivity index (χ1v) is 18.5. The normalized spacial score (nSPS) is 12.1. The zero-order chi connectivity index (χ0) is 35.3. The van der Waals surface area contributed by atoms with Crippen molar-refractivity contribution in [1.29, 1.82) is 0 Å². The van der Waals surface area contributed by atoms with Gasteiger partial charge in [0.05, 0.1) is 33.1 Å². The number of hydrogen-bond acceptors (Lipinski definition) is 0. The molecule has 12 rings (SSSR count). The molecule has 0 N–H and O–H groups in total. The van der Waals surface area contributed by atoms with E-state index in [1.807, 2.05) is 0 Å². The molecule has 0 radical (unpaired) electrons. The Labute approximate surface area is 310 Å². The van der Waals surface area contributed by atoms with E-state index < -0.39 is 0 Å². The van der Waals surface area contributed by atoms with Gasteiger partial charge in [-0.2, -0.15) is 0 Å². The summed E-state index contributed by atoms with van der Waals surface area (Å²) >= 11 is 0. The molecule has 0 saturated carbocycles. The molecular formula is C50H32N4. The summed E-state index contributed by atoms with van der Waals surface area (Å²) < 4.78 is 9.45. The highest BCUT2D eigenvalue weighted by molar-refractivity contribution is 6.24. The SMILES string of the molecule is c1ccc2c(c1)c1c(ccn1-c1ccc(-n3c4ccccc4c4ccccc43)cc1)c1ccn(-c3ccc(-n4c5ccccc5c5ccccc54)cc3)c21. The van der Waals surface area contributed by atoms with E-state index in [1.165, 1.54) is 76.2 Å². The maximum atomic E-state index is 2.37. The molecule has 12 aromatic rings. The number of hydrogen-bond donors (Lipinski definition) is 0. The first-order valence-electron chi connectivity index (χ1n) is 18.5. The van der Waals surface area contributed by atoms with Crippen molar-refractivity contribution in [2.24, 2.45) is 0 Å². The summed E-state index contributed by atoms with van der Waals surface area (Å²) in [5, 5.41) is 10.1. The van der Waals surface area contributed by atoms with Gasteiger partial charge in [0.15, 0.2) is 0 Å². The number of benzene rings is 8. The van der Waals surface area contributed by atoms with Crippen LogP contribution < -0.4 is 0 Å². The van der Waals surface area contributed by atoms with Crippen molar-refractivity contribution in [2.45, 2.75) is 0 Å². The van der Waals surface area contributed by atoms with E-state index in [9.17, 15) is 0 Å². The fourth-order valence-electron chi connectivity index (χ4n) is 9.10. The number of para-hydroxylation sites is 4. The fourth-order valence-corrected chi connectivity index (χ4v) is 9.10. The summed E-state index contributed by atoms with van der Waals surface area (Å²) in [7, 11) is 0. The molecule has 0 unspecified atom stereocenters. The van der Waals surface area contributed by atoms with Crippen LogP contribution in [0.15, 0.2) is 194 Å². The van der Waals surface area contributed by atoms with Crippen LogP contribution >= 0.6 is 0 Å². The topological polar surface area (TPSA) is 19.7 Å². The van der Waals surface area contributed by atoms with E-state index >= 15 is 0 Å². The second-order valence-corrected chi connectivity index (χ2v) is 14.2. The van der Waals surface area contributed by atoms with Crippen molar-refractivity contribution in [1.82, 2.24) is 18.3 Å². The third kappa shape index (κ3) is 4.02. The molecule has 0 bridgehead atoms. The molecule has 8 aromatic carbocycles. The Morgan fingerprint density at radius 3 is 0.815 bits per heavy atom. The van der Waals surface area contributed by atoms with Crippen LogP contribution in [0.25, 0.3) is 98.9 Å². The van der Waals surface area contributed by atoms with Crippen molar-refractivity contribution in [3.8, 4) is 22.7 Å². The maximum Gasteiger partial charge on any atom is 0.0614 e. The summed E-state index contributed by atoms with van der Waals surface area (Å²) in [5.74, 6) is 0. The molecular weight excluding hydrogens is 657 g/mol. The Kier molecular flexibility index (Phi) is 6.02. The van der Waals surface area contributed by atoms with Gasteiger partial charge in [0.1, 0.15) is 0 Å². The average Bonchev–Trinajstić information content (AvgIpc) is 4.02. The summed E-state index contributed by atoms with van der Waals surface area (Å²) in [6.07, 6.45) is 4.45. The Morgan fingerprint density at radius 2 is 0.481 bits per heavy atom. The second-order valence-electron chi connectivity index (χ2n) is 14.2. The molecule has 252 valence electrons. The van der Waals surface area contributed by atoms with Crippen LogP contribution in [-0.2, 0) is 0 Å². The lowest BCUT2D eigenvalue weighted by Crippen LogP contribution is -1.98. The van der Waals surface area contributed by atoms with Crippen molar-refractivity contribution >= 4 is 76.2 Å². The van der Waals surface area contributed by atoms with E-state index in [2.05, 4.69) is 213 Å². The minimum atomic E-state index is 1.14. The molecule has 4 nitrogen and oxygen atoms in total. The summed E-state index contributed by atoms with van der Waals surface area (Å²) in [6.45, 7) is 0. The smallest absolute Gasteiger partial charge is 0.0614 e. The van der Waals surface area contributed by atoms with Crippen LogP contribution in [0.1, 0.15) is 0 Å². The summed E-state index contributed by atoms with van der Waals surface area (Å²) in [5.41, 5.74) is 11.9. The zero-order valence-electron chi connectivity index (χ0n) is 29.3. The standard InChI is InChI=1S/C50H32N4/c1-2-16-42-41(15-1)49-43(29-31-51(49)33-21-25-35(26-22-33)53-45-17-7-3-11-37(45)38-12-4-8-18-46(38)53)44-30-32-52(50(42)44)34-23-27-36(28-24-34)54-47-19-9-5-13-39(47)40-14-6-10-20-48(40)54/h1-32H. The van der Waals surface area contributed by atoms with Gasteiger partial charge in [-0.25, -0.2) is 0 Å². The van der Waals surface area contributed by atoms with E-state index in [0.717, 1.165) is 22.7 Å². The molecule has 0 aliphatic rings. The molecule has 0 aliphatic carbocycles. The number of nitrogens with zero attached hydrogens (tertiary/aromatic N) is 4. The number of aromatic nitrogens is 4. The van der Waals surface area contributed by atoms with Crippen molar-refractivity contribution in [3.63, 3.8) is 0 Å². The molecule has 4 heteroatoms. The van der Waals surface area contributed by atoms with Crippen LogP contribution in [0.4, 0.5) is 0 Å². The van der Waals surface area contributed by atoms with Crippen molar-refractivity contribution in [2.75, 3.05) is 0 Å². The van der Waals surface area contributed by atoms with Crippen molar-refractivity contribution in [3.05, 3.63) is 194 Å². The molecule has 0 amide bonds. The van der Waals surface area contributed by atoms with Crippen molar-refractivity contribution < 1.29 is 0 Å². The largest absolute Gasteiger partial charge is 0.316 e. The first kappa shape index (κ1) is 29.3. The average molecular weight is 689 g/mol. The summed E-state index contributed by atoms with van der Waals surface area (Å²) in [6, 6.07) is 66.1. The van der Waals surface area contributed by atoms with E-state index in [-0.39, 0.29) is 0 Å². The quantitative estimate of drug-likeness (QED) is 0.175. The van der Waals surface area contributed by atoms with Gasteiger partial charge in [0, 0.05) is 78.2 Å². The predicted octanol–water partition coefficient (Wildman–Crippen LogP) is 12.9. The third-order valence-electron chi connectivity index (χ3n) is 11.4. The third-order valence-corrected chi connectivity index (χ3v) is 11.4.